The summed E-state index contributed by atoms with van der Waals surface area (Å²) in [7, 11) is 0. The van der Waals surface area contributed by atoms with E-state index in [1.165, 1.54) is 6.92 Å². The molecule has 88 valence electrons. The second-order valence-corrected chi connectivity index (χ2v) is 3.75. The largest absolute Gasteiger partial charge is 0.391 e. The van der Waals surface area contributed by atoms with Crippen molar-refractivity contribution in [2.45, 2.75) is 19.4 Å². The molecule has 0 heterocycles. The quantitative estimate of drug-likeness (QED) is 0.628. The Kier molecular flexibility index (Phi) is 4.95. The van der Waals surface area contributed by atoms with Crippen molar-refractivity contribution in [3.05, 3.63) is 29.8 Å². The number of aliphatic hydroxyl groups excluding tert-OH is 1. The average Bonchev–Trinajstić information content (AvgIpc) is 2.27. The van der Waals surface area contributed by atoms with E-state index in [-0.39, 0.29) is 5.78 Å². The van der Waals surface area contributed by atoms with Gasteiger partial charge in [0.05, 0.1) is 6.10 Å². The van der Waals surface area contributed by atoms with Gasteiger partial charge < -0.3 is 16.2 Å². The molecular weight excluding hydrogens is 204 g/mol. The third-order valence-corrected chi connectivity index (χ3v) is 2.31. The first-order valence-corrected chi connectivity index (χ1v) is 5.36. The van der Waals surface area contributed by atoms with Crippen LogP contribution in [0.5, 0.6) is 0 Å². The van der Waals surface area contributed by atoms with Crippen LogP contribution in [0.2, 0.25) is 0 Å². The van der Waals surface area contributed by atoms with Gasteiger partial charge in [-0.2, -0.15) is 0 Å². The molecule has 1 rings (SSSR count). The normalized spacial score (nSPS) is 12.2. The van der Waals surface area contributed by atoms with E-state index >= 15 is 0 Å². The first-order valence-electron chi connectivity index (χ1n) is 5.36. The highest BCUT2D eigenvalue weighted by molar-refractivity contribution is 5.94. The average molecular weight is 222 g/mol. The standard InChI is InChI=1S/C12H18N2O2/c1-9(15)10-3-2-4-11(7-10)14-8-12(16)5-6-13/h2-4,7,12,14,16H,5-6,8,13H2,1H3. The Morgan fingerprint density at radius 1 is 1.56 bits per heavy atom. The summed E-state index contributed by atoms with van der Waals surface area (Å²) >= 11 is 0. The summed E-state index contributed by atoms with van der Waals surface area (Å²) in [5.74, 6) is 0.0335. The Bertz CT molecular complexity index is 353. The Morgan fingerprint density at radius 2 is 2.31 bits per heavy atom. The summed E-state index contributed by atoms with van der Waals surface area (Å²) in [4.78, 5) is 11.1. The van der Waals surface area contributed by atoms with Crippen LogP contribution >= 0.6 is 0 Å². The monoisotopic (exact) mass is 222 g/mol. The molecule has 0 radical (unpaired) electrons. The number of nitrogens with one attached hydrogen (secondary N) is 1. The highest BCUT2D eigenvalue weighted by atomic mass is 16.3. The predicted octanol–water partition coefficient (Wildman–Crippen LogP) is 1.01. The highest BCUT2D eigenvalue weighted by Gasteiger charge is 2.03. The molecule has 0 aromatic heterocycles. The lowest BCUT2D eigenvalue weighted by molar-refractivity contribution is 0.101. The van der Waals surface area contributed by atoms with Gasteiger partial charge in [0.15, 0.2) is 5.78 Å². The van der Waals surface area contributed by atoms with Gasteiger partial charge in [-0.1, -0.05) is 12.1 Å². The number of rotatable bonds is 6. The van der Waals surface area contributed by atoms with Crippen molar-refractivity contribution in [3.63, 3.8) is 0 Å². The maximum atomic E-state index is 11.1. The predicted molar refractivity (Wildman–Crippen MR) is 64.6 cm³/mol. The molecule has 4 heteroatoms. The number of hydrogen-bond donors (Lipinski definition) is 3. The summed E-state index contributed by atoms with van der Waals surface area (Å²) in [6.07, 6.45) is 0.116. The van der Waals surface area contributed by atoms with Crippen LogP contribution in [0.3, 0.4) is 0 Å². The smallest absolute Gasteiger partial charge is 0.159 e. The molecule has 0 saturated heterocycles. The van der Waals surface area contributed by atoms with Gasteiger partial charge in [-0.3, -0.25) is 4.79 Å². The number of Topliss-reactive ketones (excluding diaryl/α,β-unsaturated/α-hetero) is 1. The van der Waals surface area contributed by atoms with Gasteiger partial charge in [-0.15, -0.1) is 0 Å². The Labute approximate surface area is 95.5 Å². The Morgan fingerprint density at radius 3 is 2.94 bits per heavy atom. The van der Waals surface area contributed by atoms with Gasteiger partial charge in [-0.25, -0.2) is 0 Å². The molecule has 1 unspecified atom stereocenters. The molecule has 4 N–H and O–H groups in total. The van der Waals surface area contributed by atoms with Crippen molar-refractivity contribution >= 4 is 11.5 Å². The maximum Gasteiger partial charge on any atom is 0.159 e. The van der Waals surface area contributed by atoms with Crippen molar-refractivity contribution in [1.29, 1.82) is 0 Å². The van der Waals surface area contributed by atoms with E-state index in [4.69, 9.17) is 5.73 Å². The number of benzene rings is 1. The van der Waals surface area contributed by atoms with E-state index < -0.39 is 6.10 Å². The fourth-order valence-corrected chi connectivity index (χ4v) is 1.38. The number of ketones is 1. The number of hydrogen-bond acceptors (Lipinski definition) is 4. The minimum Gasteiger partial charge on any atom is -0.391 e. The van der Waals surface area contributed by atoms with Crippen molar-refractivity contribution in [3.8, 4) is 0 Å². The van der Waals surface area contributed by atoms with E-state index in [2.05, 4.69) is 5.32 Å². The van der Waals surface area contributed by atoms with Gasteiger partial charge in [0, 0.05) is 17.8 Å². The number of nitrogens with two attached hydrogens (primary N) is 1. The number of aliphatic hydroxyl groups is 1. The van der Waals surface area contributed by atoms with Gasteiger partial charge >= 0.3 is 0 Å². The van der Waals surface area contributed by atoms with Crippen LogP contribution in [0.15, 0.2) is 24.3 Å². The van der Waals surface area contributed by atoms with Crippen LogP contribution in [0.4, 0.5) is 5.69 Å². The van der Waals surface area contributed by atoms with E-state index in [0.717, 1.165) is 5.69 Å². The second-order valence-electron chi connectivity index (χ2n) is 3.75. The van der Waals surface area contributed by atoms with Crippen LogP contribution in [0, 0.1) is 0 Å². The molecule has 4 nitrogen and oxygen atoms in total. The third kappa shape index (κ3) is 4.00. The first kappa shape index (κ1) is 12.7. The minimum atomic E-state index is -0.453. The van der Waals surface area contributed by atoms with E-state index in [1.807, 2.05) is 12.1 Å². The fraction of sp³-hybridized carbons (Fsp3) is 0.417. The fourth-order valence-electron chi connectivity index (χ4n) is 1.38. The molecule has 0 aliphatic carbocycles. The summed E-state index contributed by atoms with van der Waals surface area (Å²) in [6.45, 7) is 2.44. The van der Waals surface area contributed by atoms with Gasteiger partial charge in [-0.05, 0) is 32.0 Å². The lowest BCUT2D eigenvalue weighted by atomic mass is 10.1. The summed E-state index contributed by atoms with van der Waals surface area (Å²) in [5.41, 5.74) is 6.83. The molecule has 0 saturated carbocycles. The number of carbonyl (C=O) groups is 1. The molecular formula is C12H18N2O2. The molecule has 16 heavy (non-hydrogen) atoms. The summed E-state index contributed by atoms with van der Waals surface area (Å²) in [6, 6.07) is 7.22. The second kappa shape index (κ2) is 6.25. The summed E-state index contributed by atoms with van der Waals surface area (Å²) in [5, 5.41) is 12.5. The van der Waals surface area contributed by atoms with Crippen LogP contribution in [0.25, 0.3) is 0 Å². The molecule has 1 aromatic rings. The lowest BCUT2D eigenvalue weighted by Crippen LogP contribution is -2.22. The molecule has 0 spiro atoms. The van der Waals surface area contributed by atoms with Crippen LogP contribution in [-0.2, 0) is 0 Å². The third-order valence-electron chi connectivity index (χ3n) is 2.31. The first-order chi connectivity index (χ1) is 7.63. The highest BCUT2D eigenvalue weighted by Crippen LogP contribution is 2.11. The maximum absolute atomic E-state index is 11.1. The SMILES string of the molecule is CC(=O)c1cccc(NCC(O)CCN)c1. The zero-order valence-electron chi connectivity index (χ0n) is 9.44. The number of carbonyl (C=O) groups excluding carboxylic acids is 1. The molecule has 1 atom stereocenters. The van der Waals surface area contributed by atoms with Crippen molar-refractivity contribution in [2.24, 2.45) is 5.73 Å². The minimum absolute atomic E-state index is 0.0335. The Hall–Kier alpha value is -1.39. The topological polar surface area (TPSA) is 75.3 Å². The summed E-state index contributed by atoms with van der Waals surface area (Å²) < 4.78 is 0. The molecule has 0 aliphatic rings. The Balaban J connectivity index is 2.54. The van der Waals surface area contributed by atoms with E-state index in [0.29, 0.717) is 25.1 Å². The van der Waals surface area contributed by atoms with Gasteiger partial charge in [0.1, 0.15) is 0 Å². The van der Waals surface area contributed by atoms with Gasteiger partial charge in [0.25, 0.3) is 0 Å². The molecule has 0 aliphatic heterocycles. The van der Waals surface area contributed by atoms with Crippen LogP contribution in [0.1, 0.15) is 23.7 Å². The van der Waals surface area contributed by atoms with Crippen molar-refractivity contribution < 1.29 is 9.90 Å². The van der Waals surface area contributed by atoms with E-state index in [1.54, 1.807) is 12.1 Å². The molecule has 0 bridgehead atoms. The lowest BCUT2D eigenvalue weighted by Gasteiger charge is -2.12. The van der Waals surface area contributed by atoms with Crippen LogP contribution in [-0.4, -0.2) is 30.1 Å². The molecule has 0 fully saturated rings. The van der Waals surface area contributed by atoms with Gasteiger partial charge in [0.2, 0.25) is 0 Å². The van der Waals surface area contributed by atoms with Crippen molar-refractivity contribution in [2.75, 3.05) is 18.4 Å². The zero-order chi connectivity index (χ0) is 12.0. The number of anilines is 1. The van der Waals surface area contributed by atoms with E-state index in [9.17, 15) is 9.90 Å². The molecule has 0 amide bonds. The zero-order valence-corrected chi connectivity index (χ0v) is 9.44. The van der Waals surface area contributed by atoms with Crippen molar-refractivity contribution in [1.82, 2.24) is 0 Å². The van der Waals surface area contributed by atoms with Crippen LogP contribution < -0.4 is 11.1 Å². The molecule has 1 aromatic carbocycles.